The number of nitrogens with zero attached hydrogens (tertiary/aromatic N) is 2. The molecule has 0 fully saturated rings. The molecule has 166 valence electrons. The van der Waals surface area contributed by atoms with Gasteiger partial charge in [-0.1, -0.05) is 0 Å². The maximum Gasteiger partial charge on any atom is 0.194 e. The fourth-order valence-electron chi connectivity index (χ4n) is 4.24. The lowest BCUT2D eigenvalue weighted by Gasteiger charge is -2.29. The van der Waals surface area contributed by atoms with E-state index in [0.717, 1.165) is 0 Å². The summed E-state index contributed by atoms with van der Waals surface area (Å²) in [5.41, 5.74) is -1.18. The first-order valence-corrected chi connectivity index (χ1v) is 10.1. The Labute approximate surface area is 184 Å². The number of carbonyl (C=O) groups is 3. The second-order valence-corrected chi connectivity index (χ2v) is 8.08. The van der Waals surface area contributed by atoms with Crippen LogP contribution >= 0.6 is 0 Å². The molecule has 0 spiro atoms. The van der Waals surface area contributed by atoms with Gasteiger partial charge < -0.3 is 20.3 Å². The lowest BCUT2D eigenvalue weighted by atomic mass is 9.70. The Morgan fingerprint density at radius 3 is 2.59 bits per heavy atom. The van der Waals surface area contributed by atoms with Crippen LogP contribution in [0.15, 0.2) is 41.6 Å². The summed E-state index contributed by atoms with van der Waals surface area (Å²) in [6, 6.07) is 1.80. The number of phenolic OH excluding ortho intramolecular Hbond substituents is 2. The van der Waals surface area contributed by atoms with Crippen molar-refractivity contribution in [1.29, 1.82) is 0 Å². The van der Waals surface area contributed by atoms with E-state index in [1.54, 1.807) is 30.1 Å². The van der Waals surface area contributed by atoms with Gasteiger partial charge in [-0.2, -0.15) is 5.10 Å². The average molecular weight is 437 g/mol. The number of allylic oxidation sites excluding steroid dienone is 4. The molecule has 2 heterocycles. The van der Waals surface area contributed by atoms with Crippen LogP contribution in [0.4, 0.5) is 0 Å². The Bertz CT molecular complexity index is 1240. The number of fused-ring (bicyclic) bond motifs is 3. The zero-order valence-electron chi connectivity index (χ0n) is 18.1. The highest BCUT2D eigenvalue weighted by molar-refractivity contribution is 6.31. The smallest absolute Gasteiger partial charge is 0.194 e. The number of ether oxygens (including phenoxy) is 1. The third kappa shape index (κ3) is 2.92. The van der Waals surface area contributed by atoms with Gasteiger partial charge in [0.1, 0.15) is 34.0 Å². The largest absolute Gasteiger partial charge is 0.507 e. The number of nitrogens with one attached hydrogen (secondary N) is 1. The summed E-state index contributed by atoms with van der Waals surface area (Å²) in [4.78, 5) is 38.7. The fourth-order valence-corrected chi connectivity index (χ4v) is 4.24. The third-order valence-corrected chi connectivity index (χ3v) is 6.05. The zero-order valence-corrected chi connectivity index (χ0v) is 18.1. The molecule has 1 aromatic carbocycles. The van der Waals surface area contributed by atoms with E-state index in [9.17, 15) is 24.6 Å². The minimum atomic E-state index is -1.52. The number of benzene rings is 1. The van der Waals surface area contributed by atoms with E-state index >= 15 is 0 Å². The second-order valence-electron chi connectivity index (χ2n) is 8.08. The van der Waals surface area contributed by atoms with Crippen LogP contribution in [0.2, 0.25) is 0 Å². The zero-order chi connectivity index (χ0) is 23.4. The standard InChI is InChI=1S/C23H23N3O6/c1-11-19(29)17(13(3)27)21-18(20(11)30)23(4)15(32-21)10-14(28)16(22(23)31)12(2)24-7-9-26-8-5-6-25-26/h5-6,8,10,24,29-30H,7,9H2,1-4H3/b16-12+/t23-/m0/s1. The molecule has 1 aromatic heterocycles. The second kappa shape index (κ2) is 7.37. The van der Waals surface area contributed by atoms with Crippen LogP contribution in [0.1, 0.15) is 42.3 Å². The molecule has 0 radical (unpaired) electrons. The Kier molecular flexibility index (Phi) is 4.92. The van der Waals surface area contributed by atoms with Gasteiger partial charge in [-0.25, -0.2) is 0 Å². The first-order chi connectivity index (χ1) is 15.1. The van der Waals surface area contributed by atoms with Gasteiger partial charge in [-0.15, -0.1) is 0 Å². The lowest BCUT2D eigenvalue weighted by Crippen LogP contribution is -2.41. The molecule has 0 saturated heterocycles. The SMILES string of the molecule is CC(=O)c1c(O)c(C)c(O)c2c1OC1=CC(=O)/C(=C(/C)NCCn3cccn3)C(=O)[C@@]12C. The summed E-state index contributed by atoms with van der Waals surface area (Å²) < 4.78 is 7.46. The molecule has 1 aliphatic carbocycles. The van der Waals surface area contributed by atoms with Crippen molar-refractivity contribution in [3.8, 4) is 17.2 Å². The summed E-state index contributed by atoms with van der Waals surface area (Å²) in [5.74, 6) is -2.43. The molecular formula is C23H23N3O6. The van der Waals surface area contributed by atoms with Crippen LogP contribution in [0.5, 0.6) is 17.2 Å². The minimum Gasteiger partial charge on any atom is -0.507 e. The van der Waals surface area contributed by atoms with E-state index in [4.69, 9.17) is 4.74 Å². The van der Waals surface area contributed by atoms with Crippen molar-refractivity contribution in [3.63, 3.8) is 0 Å². The Balaban J connectivity index is 1.79. The summed E-state index contributed by atoms with van der Waals surface area (Å²) in [7, 11) is 0. The summed E-state index contributed by atoms with van der Waals surface area (Å²) in [6.07, 6.45) is 4.66. The Morgan fingerprint density at radius 2 is 1.97 bits per heavy atom. The molecule has 9 nitrogen and oxygen atoms in total. The quantitative estimate of drug-likeness (QED) is 0.368. The van der Waals surface area contributed by atoms with Crippen LogP contribution in [-0.2, 0) is 21.5 Å². The van der Waals surface area contributed by atoms with Gasteiger partial charge in [-0.05, 0) is 33.8 Å². The van der Waals surface area contributed by atoms with E-state index in [-0.39, 0.29) is 39.5 Å². The third-order valence-electron chi connectivity index (χ3n) is 6.05. The molecule has 0 bridgehead atoms. The first-order valence-electron chi connectivity index (χ1n) is 10.1. The normalized spacial score (nSPS) is 20.9. The van der Waals surface area contributed by atoms with Crippen molar-refractivity contribution >= 4 is 17.3 Å². The van der Waals surface area contributed by atoms with Crippen molar-refractivity contribution < 1.29 is 29.3 Å². The van der Waals surface area contributed by atoms with Gasteiger partial charge >= 0.3 is 0 Å². The maximum atomic E-state index is 13.6. The van der Waals surface area contributed by atoms with Gasteiger partial charge in [0.25, 0.3) is 0 Å². The van der Waals surface area contributed by atoms with E-state index in [1.807, 2.05) is 0 Å². The number of phenols is 2. The molecular weight excluding hydrogens is 414 g/mol. The molecule has 32 heavy (non-hydrogen) atoms. The minimum absolute atomic E-state index is 0.0124. The van der Waals surface area contributed by atoms with E-state index in [1.165, 1.54) is 26.8 Å². The van der Waals surface area contributed by atoms with Gasteiger partial charge in [0.2, 0.25) is 0 Å². The highest BCUT2D eigenvalue weighted by Crippen LogP contribution is 2.57. The van der Waals surface area contributed by atoms with Gasteiger partial charge in [0, 0.05) is 36.3 Å². The first kappa shape index (κ1) is 21.4. The molecule has 0 amide bonds. The van der Waals surface area contributed by atoms with Gasteiger partial charge in [0.15, 0.2) is 17.3 Å². The molecule has 1 atom stereocenters. The molecule has 0 saturated carbocycles. The van der Waals surface area contributed by atoms with Gasteiger partial charge in [0.05, 0.1) is 17.7 Å². The predicted molar refractivity (Wildman–Crippen MR) is 114 cm³/mol. The van der Waals surface area contributed by atoms with Crippen molar-refractivity contribution in [2.45, 2.75) is 39.7 Å². The van der Waals surface area contributed by atoms with Crippen LogP contribution in [0.3, 0.4) is 0 Å². The average Bonchev–Trinajstić information content (AvgIpc) is 3.33. The Morgan fingerprint density at radius 1 is 1.25 bits per heavy atom. The topological polar surface area (TPSA) is 131 Å². The van der Waals surface area contributed by atoms with Crippen molar-refractivity contribution in [1.82, 2.24) is 15.1 Å². The number of hydrogen-bond donors (Lipinski definition) is 3. The number of rotatable bonds is 5. The predicted octanol–water partition coefficient (Wildman–Crippen LogP) is 2.05. The molecule has 0 unspecified atom stereocenters. The molecule has 2 aromatic rings. The number of carbonyl (C=O) groups excluding carboxylic acids is 3. The number of Topliss-reactive ketones (excluding diaryl/α,β-unsaturated/α-hetero) is 2. The number of ketones is 3. The number of hydrogen-bond acceptors (Lipinski definition) is 8. The molecule has 1 aliphatic heterocycles. The maximum absolute atomic E-state index is 13.6. The summed E-state index contributed by atoms with van der Waals surface area (Å²) in [5, 5.41) is 28.4. The van der Waals surface area contributed by atoms with Crippen molar-refractivity contribution in [2.24, 2.45) is 0 Å². The van der Waals surface area contributed by atoms with Gasteiger partial charge in [-0.3, -0.25) is 19.1 Å². The lowest BCUT2D eigenvalue weighted by molar-refractivity contribution is -0.123. The van der Waals surface area contributed by atoms with Crippen LogP contribution in [0.25, 0.3) is 0 Å². The van der Waals surface area contributed by atoms with E-state index in [2.05, 4.69) is 10.4 Å². The monoisotopic (exact) mass is 437 g/mol. The van der Waals surface area contributed by atoms with E-state index in [0.29, 0.717) is 18.8 Å². The molecule has 2 aliphatic rings. The number of aromatic hydroxyl groups is 2. The van der Waals surface area contributed by atoms with Crippen molar-refractivity contribution in [2.75, 3.05) is 6.54 Å². The van der Waals surface area contributed by atoms with E-state index < -0.39 is 28.5 Å². The highest BCUT2D eigenvalue weighted by atomic mass is 16.5. The summed E-state index contributed by atoms with van der Waals surface area (Å²) >= 11 is 0. The van der Waals surface area contributed by atoms with Crippen LogP contribution in [0, 0.1) is 6.92 Å². The van der Waals surface area contributed by atoms with Crippen LogP contribution in [-0.4, -0.2) is 43.9 Å². The number of aromatic nitrogens is 2. The fraction of sp³-hybridized carbons (Fsp3) is 0.304. The summed E-state index contributed by atoms with van der Waals surface area (Å²) in [6.45, 7) is 6.84. The molecule has 3 N–H and O–H groups in total. The van der Waals surface area contributed by atoms with Crippen molar-refractivity contribution in [3.05, 3.63) is 58.3 Å². The molecule has 4 rings (SSSR count). The Hall–Kier alpha value is -3.88. The molecule has 9 heteroatoms. The highest BCUT2D eigenvalue weighted by Gasteiger charge is 2.56. The van der Waals surface area contributed by atoms with Crippen LogP contribution < -0.4 is 10.1 Å².